The molecule has 3 N–H and O–H groups in total. The molecule has 0 fully saturated rings. The summed E-state index contributed by atoms with van der Waals surface area (Å²) in [5, 5.41) is 9.51. The van der Waals surface area contributed by atoms with Crippen LogP contribution in [0.2, 0.25) is 5.02 Å². The zero-order chi connectivity index (χ0) is 29.9. The maximum Gasteiger partial charge on any atom is 0.412 e. The molecule has 0 radical (unpaired) electrons. The molecule has 1 unspecified atom stereocenters. The van der Waals surface area contributed by atoms with Gasteiger partial charge in [0.1, 0.15) is 24.8 Å². The number of halogens is 2. The summed E-state index contributed by atoms with van der Waals surface area (Å²) in [5.41, 5.74) is 1.19. The van der Waals surface area contributed by atoms with Crippen LogP contribution in [0.5, 0.6) is 0 Å². The number of carbonyl (C=O) groups is 3. The fraction of sp³-hybridized carbons (Fsp3) is 0.200. The normalized spacial score (nSPS) is 11.3. The van der Waals surface area contributed by atoms with Crippen LogP contribution in [0.25, 0.3) is 10.8 Å². The third kappa shape index (κ3) is 8.55. The summed E-state index contributed by atoms with van der Waals surface area (Å²) >= 11 is 5.99. The Bertz CT molecular complexity index is 1540. The lowest BCUT2D eigenvalue weighted by Crippen LogP contribution is -2.51. The number of urea groups is 1. The zero-order valence-electron chi connectivity index (χ0n) is 22.7. The molecule has 42 heavy (non-hydrogen) atoms. The van der Waals surface area contributed by atoms with Gasteiger partial charge in [-0.25, -0.2) is 23.8 Å². The molecule has 0 aliphatic heterocycles. The fourth-order valence-electron chi connectivity index (χ4n) is 3.89. The minimum Gasteiger partial charge on any atom is -0.447 e. The van der Waals surface area contributed by atoms with Crippen molar-refractivity contribution < 1.29 is 28.2 Å². The molecular weight excluding hydrogens is 565 g/mol. The molecule has 4 amide bonds. The molecule has 0 spiro atoms. The topological polar surface area (TPSA) is 122 Å². The van der Waals surface area contributed by atoms with Crippen molar-refractivity contribution in [3.63, 3.8) is 0 Å². The van der Waals surface area contributed by atoms with E-state index in [0.717, 1.165) is 16.3 Å². The summed E-state index contributed by atoms with van der Waals surface area (Å²) in [4.78, 5) is 43.3. The van der Waals surface area contributed by atoms with Crippen LogP contribution in [-0.2, 0) is 22.6 Å². The second-order valence-corrected chi connectivity index (χ2v) is 9.60. The lowest BCUT2D eigenvalue weighted by atomic mass is 10.2. The molecule has 0 saturated carbocycles. The number of hydrogen-bond acceptors (Lipinski definition) is 6. The largest absolute Gasteiger partial charge is 0.447 e. The van der Waals surface area contributed by atoms with Crippen LogP contribution < -0.4 is 16.0 Å². The van der Waals surface area contributed by atoms with Gasteiger partial charge in [-0.05, 0) is 28.6 Å². The van der Waals surface area contributed by atoms with Gasteiger partial charge >= 0.3 is 18.2 Å². The van der Waals surface area contributed by atoms with E-state index in [2.05, 4.69) is 20.9 Å². The van der Waals surface area contributed by atoms with E-state index in [1.54, 1.807) is 18.3 Å². The number of nitrogens with zero attached hydrogens (tertiary/aromatic N) is 2. The van der Waals surface area contributed by atoms with Gasteiger partial charge < -0.3 is 25.0 Å². The second kappa shape index (κ2) is 14.6. The summed E-state index contributed by atoms with van der Waals surface area (Å²) in [6.45, 7) is -0.365. The van der Waals surface area contributed by atoms with Crippen molar-refractivity contribution in [1.82, 2.24) is 20.5 Å². The Morgan fingerprint density at radius 3 is 2.45 bits per heavy atom. The number of hydrogen-bond donors (Lipinski definition) is 3. The monoisotopic (exact) mass is 593 g/mol. The van der Waals surface area contributed by atoms with Crippen molar-refractivity contribution in [3.8, 4) is 0 Å². The highest BCUT2D eigenvalue weighted by molar-refractivity contribution is 6.31. The molecule has 1 atom stereocenters. The number of anilines is 1. The number of carbonyl (C=O) groups excluding carboxylic acids is 3. The molecule has 0 aliphatic carbocycles. The zero-order valence-corrected chi connectivity index (χ0v) is 23.4. The molecule has 218 valence electrons. The fourth-order valence-corrected chi connectivity index (χ4v) is 4.09. The number of ether oxygens (including phenoxy) is 2. The summed E-state index contributed by atoms with van der Waals surface area (Å²) in [6.07, 6.45) is 0.116. The Hall–Kier alpha value is -4.90. The Morgan fingerprint density at radius 1 is 0.929 bits per heavy atom. The van der Waals surface area contributed by atoms with Crippen LogP contribution in [0, 0.1) is 5.82 Å². The van der Waals surface area contributed by atoms with Crippen molar-refractivity contribution in [1.29, 1.82) is 0 Å². The molecule has 10 nitrogen and oxygen atoms in total. The first-order valence-electron chi connectivity index (χ1n) is 13.0. The van der Waals surface area contributed by atoms with Gasteiger partial charge in [0.15, 0.2) is 0 Å². The second-order valence-electron chi connectivity index (χ2n) is 9.22. The van der Waals surface area contributed by atoms with Gasteiger partial charge in [0.2, 0.25) is 0 Å². The van der Waals surface area contributed by atoms with Crippen molar-refractivity contribution in [2.45, 2.75) is 19.2 Å². The smallest absolute Gasteiger partial charge is 0.412 e. The molecule has 0 bridgehead atoms. The highest BCUT2D eigenvalue weighted by Crippen LogP contribution is 2.19. The lowest BCUT2D eigenvalue weighted by molar-refractivity contribution is 0.110. The first kappa shape index (κ1) is 30.1. The summed E-state index contributed by atoms with van der Waals surface area (Å²) < 4.78 is 24.4. The number of amides is 4. The Labute approximate surface area is 246 Å². The van der Waals surface area contributed by atoms with Gasteiger partial charge in [-0.1, -0.05) is 78.3 Å². The maximum atomic E-state index is 13.8. The van der Waals surface area contributed by atoms with E-state index < -0.39 is 30.1 Å². The van der Waals surface area contributed by atoms with E-state index in [1.807, 2.05) is 54.6 Å². The number of aromatic nitrogens is 1. The molecule has 3 aromatic carbocycles. The quantitative estimate of drug-likeness (QED) is 0.216. The number of benzene rings is 3. The Morgan fingerprint density at radius 2 is 1.67 bits per heavy atom. The van der Waals surface area contributed by atoms with Gasteiger partial charge in [-0.15, -0.1) is 0 Å². The number of alkyl carbamates (subject to hydrolysis) is 1. The van der Waals surface area contributed by atoms with Crippen LogP contribution in [0.15, 0.2) is 85.1 Å². The molecule has 1 aromatic heterocycles. The van der Waals surface area contributed by atoms with E-state index in [9.17, 15) is 18.8 Å². The van der Waals surface area contributed by atoms with Crippen LogP contribution in [0.3, 0.4) is 0 Å². The number of likely N-dealkylation sites (N-methyl/N-ethyl adjacent to an activating group) is 1. The third-order valence-corrected chi connectivity index (χ3v) is 6.72. The standard InChI is InChI=1S/C30H29ClFN5O5/c1-37(28(38)34-16-23-12-7-13-25(32)27(23)31)24(17-35-29(39)41-18-20-8-3-2-4-9-20)19-42-30(40)36-26-14-21-10-5-6-11-22(21)15-33-26/h2-15,24H,16-19H2,1H3,(H,34,38)(H,35,39)(H,33,36,40). The Kier molecular flexibility index (Phi) is 10.5. The number of nitrogens with one attached hydrogen (secondary N) is 3. The van der Waals surface area contributed by atoms with Gasteiger partial charge in [-0.2, -0.15) is 0 Å². The van der Waals surface area contributed by atoms with E-state index in [-0.39, 0.29) is 37.1 Å². The minimum atomic E-state index is -0.799. The molecule has 1 heterocycles. The Balaban J connectivity index is 1.36. The average Bonchev–Trinajstić information content (AvgIpc) is 3.00. The SMILES string of the molecule is CN(C(=O)NCc1cccc(F)c1Cl)C(CNC(=O)OCc1ccccc1)COC(=O)Nc1cc2ccccc2cn1. The van der Waals surface area contributed by atoms with Gasteiger partial charge in [-0.3, -0.25) is 5.32 Å². The first-order chi connectivity index (χ1) is 20.3. The number of fused-ring (bicyclic) bond motifs is 1. The van der Waals surface area contributed by atoms with Crippen LogP contribution in [0.1, 0.15) is 11.1 Å². The van der Waals surface area contributed by atoms with Crippen LogP contribution in [0.4, 0.5) is 24.6 Å². The highest BCUT2D eigenvalue weighted by atomic mass is 35.5. The van der Waals surface area contributed by atoms with Crippen molar-refractivity contribution in [3.05, 3.63) is 107 Å². The highest BCUT2D eigenvalue weighted by Gasteiger charge is 2.23. The number of pyridine rings is 1. The molecule has 4 rings (SSSR count). The predicted molar refractivity (Wildman–Crippen MR) is 157 cm³/mol. The lowest BCUT2D eigenvalue weighted by Gasteiger charge is -2.28. The third-order valence-electron chi connectivity index (χ3n) is 6.29. The average molecular weight is 594 g/mol. The van der Waals surface area contributed by atoms with Gasteiger partial charge in [0, 0.05) is 31.7 Å². The molecule has 12 heteroatoms. The number of rotatable bonds is 10. The van der Waals surface area contributed by atoms with Crippen LogP contribution in [-0.4, -0.2) is 54.3 Å². The van der Waals surface area contributed by atoms with E-state index in [1.165, 1.54) is 24.1 Å². The predicted octanol–water partition coefficient (Wildman–Crippen LogP) is 5.71. The molecule has 0 aliphatic rings. The summed E-state index contributed by atoms with van der Waals surface area (Å²) in [6, 6.07) is 21.3. The minimum absolute atomic E-state index is 0.0476. The first-order valence-corrected chi connectivity index (χ1v) is 13.3. The van der Waals surface area contributed by atoms with Crippen molar-refractivity contribution in [2.24, 2.45) is 0 Å². The molecular formula is C30H29ClFN5O5. The van der Waals surface area contributed by atoms with Gasteiger partial charge in [0.25, 0.3) is 0 Å². The van der Waals surface area contributed by atoms with Gasteiger partial charge in [0.05, 0.1) is 11.1 Å². The van der Waals surface area contributed by atoms with E-state index >= 15 is 0 Å². The molecule has 0 saturated heterocycles. The van der Waals surface area contributed by atoms with E-state index in [0.29, 0.717) is 5.56 Å². The summed E-state index contributed by atoms with van der Waals surface area (Å²) in [7, 11) is 1.47. The van der Waals surface area contributed by atoms with Crippen molar-refractivity contribution in [2.75, 3.05) is 25.5 Å². The van der Waals surface area contributed by atoms with Crippen molar-refractivity contribution >= 4 is 46.4 Å². The van der Waals surface area contributed by atoms with E-state index in [4.69, 9.17) is 21.1 Å². The summed E-state index contributed by atoms with van der Waals surface area (Å²) in [5.74, 6) is -0.316. The maximum absolute atomic E-state index is 13.8. The van der Waals surface area contributed by atoms with Crippen LogP contribution >= 0.6 is 11.6 Å². The molecule has 4 aromatic rings.